The summed E-state index contributed by atoms with van der Waals surface area (Å²) in [5.41, 5.74) is 0.681. The van der Waals surface area contributed by atoms with Crippen LogP contribution in [-0.4, -0.2) is 25.9 Å². The van der Waals surface area contributed by atoms with Crippen LogP contribution in [0.15, 0.2) is 27.8 Å². The summed E-state index contributed by atoms with van der Waals surface area (Å²) in [6, 6.07) is 5.29. The Morgan fingerprint density at radius 1 is 1.62 bits per heavy atom. The van der Waals surface area contributed by atoms with E-state index in [1.165, 1.54) is 13.3 Å². The normalized spacial score (nSPS) is 10.4. The molecule has 0 unspecified atom stereocenters. The minimum absolute atomic E-state index is 0.149. The number of carbonyl (C=O) groups is 1. The maximum Gasteiger partial charge on any atom is 0.343 e. The Hall–Kier alpha value is -1.56. The molecule has 5 nitrogen and oxygen atoms in total. The number of halogens is 1. The maximum absolute atomic E-state index is 10.9. The molecule has 0 amide bonds. The Morgan fingerprint density at radius 3 is 3.00 bits per heavy atom. The molecule has 0 aliphatic rings. The van der Waals surface area contributed by atoms with Gasteiger partial charge in [-0.2, -0.15) is 5.10 Å². The van der Waals surface area contributed by atoms with Crippen molar-refractivity contribution in [2.75, 3.05) is 13.7 Å². The molecule has 0 spiro atoms. The van der Waals surface area contributed by atoms with Crippen LogP contribution in [0.4, 0.5) is 0 Å². The molecule has 0 aromatic heterocycles. The fourth-order valence-corrected chi connectivity index (χ4v) is 1.41. The van der Waals surface area contributed by atoms with E-state index in [0.29, 0.717) is 11.3 Å². The van der Waals surface area contributed by atoms with Crippen molar-refractivity contribution in [3.05, 3.63) is 28.2 Å². The summed E-state index contributed by atoms with van der Waals surface area (Å²) in [5, 5.41) is 3.41. The highest BCUT2D eigenvalue weighted by atomic mass is 79.9. The monoisotopic (exact) mass is 286 g/mol. The van der Waals surface area contributed by atoms with E-state index >= 15 is 0 Å². The summed E-state index contributed by atoms with van der Waals surface area (Å²) >= 11 is 3.31. The van der Waals surface area contributed by atoms with E-state index in [9.17, 15) is 4.79 Å². The third-order valence-electron chi connectivity index (χ3n) is 1.76. The molecule has 0 fully saturated rings. The maximum atomic E-state index is 10.9. The first-order valence-electron chi connectivity index (χ1n) is 4.39. The molecule has 0 aliphatic heterocycles. The number of hydrogen-bond donors (Lipinski definition) is 1. The van der Waals surface area contributed by atoms with Crippen molar-refractivity contribution in [1.82, 2.24) is 0 Å². The molecule has 0 aliphatic carbocycles. The summed E-state index contributed by atoms with van der Waals surface area (Å²) in [7, 11) is 1.30. The van der Waals surface area contributed by atoms with Crippen LogP contribution in [0.1, 0.15) is 5.56 Å². The molecule has 0 saturated carbocycles. The van der Waals surface area contributed by atoms with Crippen molar-refractivity contribution in [3.63, 3.8) is 0 Å². The molecule has 1 aromatic carbocycles. The predicted octanol–water partition coefficient (Wildman–Crippen LogP) is 1.29. The first kappa shape index (κ1) is 12.5. The van der Waals surface area contributed by atoms with Crippen LogP contribution in [0, 0.1) is 0 Å². The largest absolute Gasteiger partial charge is 0.481 e. The number of hydrazone groups is 1. The van der Waals surface area contributed by atoms with E-state index in [2.05, 4.69) is 25.8 Å². The van der Waals surface area contributed by atoms with Crippen LogP contribution in [-0.2, 0) is 9.53 Å². The van der Waals surface area contributed by atoms with Crippen molar-refractivity contribution in [3.8, 4) is 5.75 Å². The molecule has 86 valence electrons. The molecule has 1 aromatic rings. The van der Waals surface area contributed by atoms with Gasteiger partial charge in [0.15, 0.2) is 6.61 Å². The van der Waals surface area contributed by atoms with Crippen LogP contribution in [0.25, 0.3) is 0 Å². The van der Waals surface area contributed by atoms with Gasteiger partial charge in [0.05, 0.1) is 13.3 Å². The van der Waals surface area contributed by atoms with Gasteiger partial charge in [-0.1, -0.05) is 15.9 Å². The predicted molar refractivity (Wildman–Crippen MR) is 63.4 cm³/mol. The molecule has 1 rings (SSSR count). The molecule has 0 bridgehead atoms. The average molecular weight is 287 g/mol. The van der Waals surface area contributed by atoms with E-state index in [1.807, 2.05) is 0 Å². The molecule has 0 heterocycles. The SMILES string of the molecule is COC(=O)COc1ccc(Br)cc1C=NN. The lowest BCUT2D eigenvalue weighted by Gasteiger charge is -2.07. The van der Waals surface area contributed by atoms with E-state index in [4.69, 9.17) is 10.6 Å². The Bertz CT molecular complexity index is 407. The topological polar surface area (TPSA) is 73.9 Å². The summed E-state index contributed by atoms with van der Waals surface area (Å²) < 4.78 is 10.6. The van der Waals surface area contributed by atoms with Crippen molar-refractivity contribution in [2.45, 2.75) is 0 Å². The second-order valence-corrected chi connectivity index (χ2v) is 3.74. The lowest BCUT2D eigenvalue weighted by molar-refractivity contribution is -0.142. The number of hydrogen-bond acceptors (Lipinski definition) is 5. The van der Waals surface area contributed by atoms with E-state index in [-0.39, 0.29) is 6.61 Å². The molecule has 6 heteroatoms. The molecule has 0 atom stereocenters. The van der Waals surface area contributed by atoms with Gasteiger partial charge in [0.1, 0.15) is 5.75 Å². The fourth-order valence-electron chi connectivity index (χ4n) is 1.03. The molecular formula is C10H11BrN2O3. The van der Waals surface area contributed by atoms with Crippen LogP contribution < -0.4 is 10.6 Å². The summed E-state index contributed by atoms with van der Waals surface area (Å²) in [6.07, 6.45) is 1.44. The zero-order valence-corrected chi connectivity index (χ0v) is 10.2. The highest BCUT2D eigenvalue weighted by Gasteiger charge is 2.06. The molecule has 0 saturated heterocycles. The Kier molecular flexibility index (Phi) is 4.78. The summed E-state index contributed by atoms with van der Waals surface area (Å²) in [5.74, 6) is 5.14. The van der Waals surface area contributed by atoms with Crippen molar-refractivity contribution in [2.24, 2.45) is 10.9 Å². The van der Waals surface area contributed by atoms with Crippen LogP contribution >= 0.6 is 15.9 Å². The van der Waals surface area contributed by atoms with Gasteiger partial charge in [-0.15, -0.1) is 0 Å². The molecule has 0 radical (unpaired) electrons. The summed E-state index contributed by atoms with van der Waals surface area (Å²) in [4.78, 5) is 10.9. The highest BCUT2D eigenvalue weighted by molar-refractivity contribution is 9.10. The van der Waals surface area contributed by atoms with Gasteiger partial charge in [-0.25, -0.2) is 4.79 Å². The number of nitrogens with zero attached hydrogens (tertiary/aromatic N) is 1. The van der Waals surface area contributed by atoms with Gasteiger partial charge in [-0.05, 0) is 18.2 Å². The number of ether oxygens (including phenoxy) is 2. The second kappa shape index (κ2) is 6.12. The first-order chi connectivity index (χ1) is 7.67. The Morgan fingerprint density at radius 2 is 2.38 bits per heavy atom. The van der Waals surface area contributed by atoms with E-state index in [0.717, 1.165) is 4.47 Å². The zero-order valence-electron chi connectivity index (χ0n) is 8.64. The number of carbonyl (C=O) groups excluding carboxylic acids is 1. The number of rotatable bonds is 4. The number of benzene rings is 1. The van der Waals surface area contributed by atoms with Gasteiger partial charge in [0.2, 0.25) is 0 Å². The van der Waals surface area contributed by atoms with Gasteiger partial charge >= 0.3 is 5.97 Å². The van der Waals surface area contributed by atoms with Gasteiger partial charge in [0, 0.05) is 10.0 Å². The number of methoxy groups -OCH3 is 1. The van der Waals surface area contributed by atoms with Gasteiger partial charge in [0.25, 0.3) is 0 Å². The van der Waals surface area contributed by atoms with Crippen molar-refractivity contribution in [1.29, 1.82) is 0 Å². The van der Waals surface area contributed by atoms with Crippen molar-refractivity contribution >= 4 is 28.1 Å². The van der Waals surface area contributed by atoms with Gasteiger partial charge < -0.3 is 15.3 Å². The summed E-state index contributed by atoms with van der Waals surface area (Å²) in [6.45, 7) is -0.149. The smallest absolute Gasteiger partial charge is 0.343 e. The van der Waals surface area contributed by atoms with Gasteiger partial charge in [-0.3, -0.25) is 0 Å². The lowest BCUT2D eigenvalue weighted by Crippen LogP contribution is -2.13. The lowest BCUT2D eigenvalue weighted by atomic mass is 10.2. The van der Waals surface area contributed by atoms with Crippen LogP contribution in [0.5, 0.6) is 5.75 Å². The third-order valence-corrected chi connectivity index (χ3v) is 2.25. The van der Waals surface area contributed by atoms with Crippen LogP contribution in [0.2, 0.25) is 0 Å². The number of esters is 1. The molecular weight excluding hydrogens is 276 g/mol. The third kappa shape index (κ3) is 3.54. The fraction of sp³-hybridized carbons (Fsp3) is 0.200. The molecule has 2 N–H and O–H groups in total. The first-order valence-corrected chi connectivity index (χ1v) is 5.19. The Balaban J connectivity index is 2.82. The molecule has 16 heavy (non-hydrogen) atoms. The van der Waals surface area contributed by atoms with Crippen LogP contribution in [0.3, 0.4) is 0 Å². The number of nitrogens with two attached hydrogens (primary N) is 1. The zero-order chi connectivity index (χ0) is 12.0. The highest BCUT2D eigenvalue weighted by Crippen LogP contribution is 2.21. The average Bonchev–Trinajstić information content (AvgIpc) is 2.28. The minimum Gasteiger partial charge on any atom is -0.481 e. The Labute approximate surface area is 101 Å². The quantitative estimate of drug-likeness (QED) is 0.392. The van der Waals surface area contributed by atoms with E-state index < -0.39 is 5.97 Å². The minimum atomic E-state index is -0.446. The van der Waals surface area contributed by atoms with Crippen molar-refractivity contribution < 1.29 is 14.3 Å². The second-order valence-electron chi connectivity index (χ2n) is 2.83. The standard InChI is InChI=1S/C10H11BrN2O3/c1-15-10(14)6-16-9-3-2-8(11)4-7(9)5-13-12/h2-5H,6,12H2,1H3. The van der Waals surface area contributed by atoms with E-state index in [1.54, 1.807) is 18.2 Å².